The fraction of sp³-hybridized carbons (Fsp3) is 0.115. The molecule has 1 N–H and O–H groups in total. The third-order valence-electron chi connectivity index (χ3n) is 5.19. The van der Waals surface area contributed by atoms with E-state index in [2.05, 4.69) is 27.8 Å². The van der Waals surface area contributed by atoms with E-state index in [0.29, 0.717) is 17.7 Å². The summed E-state index contributed by atoms with van der Waals surface area (Å²) < 4.78 is 5.85. The molecule has 1 aliphatic heterocycles. The van der Waals surface area contributed by atoms with Crippen molar-refractivity contribution < 1.29 is 14.3 Å². The van der Waals surface area contributed by atoms with Crippen LogP contribution in [0.5, 0.6) is 0 Å². The number of halogens is 1. The second kappa shape index (κ2) is 10.3. The van der Waals surface area contributed by atoms with Gasteiger partial charge in [-0.2, -0.15) is 5.10 Å². The molecule has 1 atom stereocenters. The van der Waals surface area contributed by atoms with Crippen LogP contribution in [0.1, 0.15) is 33.9 Å². The van der Waals surface area contributed by atoms with Crippen LogP contribution in [0.25, 0.3) is 0 Å². The normalized spacial score (nSPS) is 15.0. The van der Waals surface area contributed by atoms with E-state index in [9.17, 15) is 9.59 Å². The van der Waals surface area contributed by atoms with E-state index < -0.39 is 6.09 Å². The molecule has 2 amide bonds. The Hall–Kier alpha value is -3.71. The van der Waals surface area contributed by atoms with Gasteiger partial charge in [0.15, 0.2) is 0 Å². The van der Waals surface area contributed by atoms with Crippen molar-refractivity contribution in [2.75, 3.05) is 11.9 Å². The molecule has 7 heteroatoms. The maximum atomic E-state index is 13.3. The number of nitrogens with one attached hydrogen (secondary N) is 1. The van der Waals surface area contributed by atoms with E-state index in [1.54, 1.807) is 29.3 Å². The summed E-state index contributed by atoms with van der Waals surface area (Å²) in [6.07, 6.45) is 1.54. The largest absolute Gasteiger partial charge is 0.445 e. The molecule has 3 aromatic rings. The molecule has 0 saturated heterocycles. The molecule has 0 spiro atoms. The molecule has 166 valence electrons. The van der Waals surface area contributed by atoms with Gasteiger partial charge in [0.2, 0.25) is 0 Å². The zero-order chi connectivity index (χ0) is 23.2. The molecule has 1 heterocycles. The van der Waals surface area contributed by atoms with Crippen molar-refractivity contribution in [2.45, 2.75) is 12.5 Å². The van der Waals surface area contributed by atoms with Crippen LogP contribution >= 0.6 is 15.9 Å². The maximum absolute atomic E-state index is 13.3. The van der Waals surface area contributed by atoms with Gasteiger partial charge < -0.3 is 4.74 Å². The first-order valence-corrected chi connectivity index (χ1v) is 11.2. The predicted molar refractivity (Wildman–Crippen MR) is 132 cm³/mol. The fourth-order valence-corrected chi connectivity index (χ4v) is 3.83. The lowest BCUT2D eigenvalue weighted by molar-refractivity contribution is 0.0711. The molecular formula is C26H22BrN3O3. The van der Waals surface area contributed by atoms with E-state index >= 15 is 0 Å². The van der Waals surface area contributed by atoms with Gasteiger partial charge in [-0.1, -0.05) is 71.0 Å². The zero-order valence-corrected chi connectivity index (χ0v) is 19.4. The Morgan fingerprint density at radius 3 is 2.42 bits per heavy atom. The molecule has 4 rings (SSSR count). The third-order valence-corrected chi connectivity index (χ3v) is 5.72. The van der Waals surface area contributed by atoms with E-state index in [4.69, 9.17) is 9.84 Å². The number of carbonyl (C=O) groups excluding carboxylic acids is 2. The van der Waals surface area contributed by atoms with Gasteiger partial charge in [-0.25, -0.2) is 9.80 Å². The van der Waals surface area contributed by atoms with Crippen LogP contribution in [-0.2, 0) is 4.74 Å². The first-order chi connectivity index (χ1) is 16.0. The molecule has 0 radical (unpaired) electrons. The Bertz CT molecular complexity index is 1180. The summed E-state index contributed by atoms with van der Waals surface area (Å²) in [6, 6.07) is 24.2. The minimum atomic E-state index is -0.545. The average Bonchev–Trinajstić information content (AvgIpc) is 3.29. The molecule has 33 heavy (non-hydrogen) atoms. The quantitative estimate of drug-likeness (QED) is 0.408. The van der Waals surface area contributed by atoms with Crippen LogP contribution in [0.4, 0.5) is 10.5 Å². The van der Waals surface area contributed by atoms with Crippen molar-refractivity contribution in [1.82, 2.24) is 5.01 Å². The number of hydrogen-bond donors (Lipinski definition) is 1. The van der Waals surface area contributed by atoms with Gasteiger partial charge in [0.1, 0.15) is 6.61 Å². The summed E-state index contributed by atoms with van der Waals surface area (Å²) >= 11 is 3.41. The summed E-state index contributed by atoms with van der Waals surface area (Å²) in [6.45, 7) is 3.66. The van der Waals surface area contributed by atoms with E-state index in [-0.39, 0.29) is 18.6 Å². The SMILES string of the molecule is C=CCOC(=O)Nc1ccc(C2=NN(C(=O)c3ccc(Br)cc3)C(c3ccccc3)C2)cc1. The van der Waals surface area contributed by atoms with Gasteiger partial charge in [-0.15, -0.1) is 0 Å². The van der Waals surface area contributed by atoms with Gasteiger partial charge in [0.05, 0.1) is 11.8 Å². The van der Waals surface area contributed by atoms with Crippen molar-refractivity contribution in [3.63, 3.8) is 0 Å². The van der Waals surface area contributed by atoms with Crippen molar-refractivity contribution in [3.05, 3.63) is 113 Å². The molecule has 0 bridgehead atoms. The van der Waals surface area contributed by atoms with Crippen LogP contribution in [0, 0.1) is 0 Å². The predicted octanol–water partition coefficient (Wildman–Crippen LogP) is 6.18. The van der Waals surface area contributed by atoms with Gasteiger partial charge in [-0.05, 0) is 47.5 Å². The second-order valence-electron chi connectivity index (χ2n) is 7.42. The monoisotopic (exact) mass is 503 g/mol. The molecule has 1 unspecified atom stereocenters. The highest BCUT2D eigenvalue weighted by atomic mass is 79.9. The number of rotatable bonds is 6. The minimum Gasteiger partial charge on any atom is -0.445 e. The van der Waals surface area contributed by atoms with Gasteiger partial charge in [0.25, 0.3) is 5.91 Å². The summed E-state index contributed by atoms with van der Waals surface area (Å²) in [5, 5.41) is 8.94. The first-order valence-electron chi connectivity index (χ1n) is 10.4. The Kier molecular flexibility index (Phi) is 7.00. The average molecular weight is 504 g/mol. The highest BCUT2D eigenvalue weighted by Gasteiger charge is 2.33. The number of ether oxygens (including phenoxy) is 1. The summed E-state index contributed by atoms with van der Waals surface area (Å²) in [5.41, 5.74) is 3.88. The molecule has 0 aliphatic carbocycles. The lowest BCUT2D eigenvalue weighted by Crippen LogP contribution is -2.27. The van der Waals surface area contributed by atoms with Crippen molar-refractivity contribution in [1.29, 1.82) is 0 Å². The van der Waals surface area contributed by atoms with E-state index in [0.717, 1.165) is 21.3 Å². The van der Waals surface area contributed by atoms with Crippen molar-refractivity contribution >= 4 is 39.3 Å². The minimum absolute atomic E-state index is 0.143. The summed E-state index contributed by atoms with van der Waals surface area (Å²) in [7, 11) is 0. The van der Waals surface area contributed by atoms with Gasteiger partial charge >= 0.3 is 6.09 Å². The number of carbonyl (C=O) groups is 2. The molecule has 1 aliphatic rings. The first kappa shape index (κ1) is 22.5. The van der Waals surface area contributed by atoms with Crippen LogP contribution in [0.2, 0.25) is 0 Å². The number of benzene rings is 3. The fourth-order valence-electron chi connectivity index (χ4n) is 3.57. The lowest BCUT2D eigenvalue weighted by atomic mass is 9.98. The Labute approximate surface area is 200 Å². The lowest BCUT2D eigenvalue weighted by Gasteiger charge is -2.22. The number of hydrazone groups is 1. The third kappa shape index (κ3) is 5.38. The number of amides is 2. The second-order valence-corrected chi connectivity index (χ2v) is 8.34. The Morgan fingerprint density at radius 2 is 1.76 bits per heavy atom. The Morgan fingerprint density at radius 1 is 1.06 bits per heavy atom. The van der Waals surface area contributed by atoms with Crippen LogP contribution in [0.15, 0.2) is 101 Å². The van der Waals surface area contributed by atoms with Crippen LogP contribution in [-0.4, -0.2) is 29.3 Å². The summed E-state index contributed by atoms with van der Waals surface area (Å²) in [5.74, 6) is -0.158. The molecule has 0 aromatic heterocycles. The summed E-state index contributed by atoms with van der Waals surface area (Å²) in [4.78, 5) is 25.0. The number of hydrogen-bond acceptors (Lipinski definition) is 4. The topological polar surface area (TPSA) is 71.0 Å². The van der Waals surface area contributed by atoms with Crippen molar-refractivity contribution in [3.8, 4) is 0 Å². The number of nitrogens with zero attached hydrogens (tertiary/aromatic N) is 2. The molecule has 6 nitrogen and oxygen atoms in total. The smallest absolute Gasteiger partial charge is 0.411 e. The van der Waals surface area contributed by atoms with Crippen LogP contribution in [0.3, 0.4) is 0 Å². The molecule has 0 saturated carbocycles. The molecule has 0 fully saturated rings. The zero-order valence-electron chi connectivity index (χ0n) is 17.8. The highest BCUT2D eigenvalue weighted by Crippen LogP contribution is 2.34. The molecule has 3 aromatic carbocycles. The van der Waals surface area contributed by atoms with Crippen LogP contribution < -0.4 is 5.32 Å². The maximum Gasteiger partial charge on any atom is 0.411 e. The van der Waals surface area contributed by atoms with Gasteiger partial charge in [-0.3, -0.25) is 10.1 Å². The standard InChI is InChI=1S/C26H22BrN3O3/c1-2-16-33-26(32)28-22-14-10-18(11-15-22)23-17-24(19-6-4-3-5-7-19)30(29-23)25(31)20-8-12-21(27)13-9-20/h2-15,24H,1,16-17H2,(H,28,32). The van der Waals surface area contributed by atoms with Crippen molar-refractivity contribution in [2.24, 2.45) is 5.10 Å². The Balaban J connectivity index is 1.58. The highest BCUT2D eigenvalue weighted by molar-refractivity contribution is 9.10. The number of anilines is 1. The van der Waals surface area contributed by atoms with E-state index in [1.807, 2.05) is 54.6 Å². The van der Waals surface area contributed by atoms with E-state index in [1.165, 1.54) is 6.08 Å². The molecular weight excluding hydrogens is 482 g/mol. The van der Waals surface area contributed by atoms with Gasteiger partial charge in [0, 0.05) is 22.1 Å².